The normalized spacial score (nSPS) is 13.2. The molecule has 0 saturated carbocycles. The molecule has 1 unspecified atom stereocenters. The van der Waals surface area contributed by atoms with E-state index < -0.39 is 9.84 Å². The predicted molar refractivity (Wildman–Crippen MR) is 106 cm³/mol. The number of rotatable bonds is 8. The van der Waals surface area contributed by atoms with Crippen molar-refractivity contribution in [2.24, 2.45) is 0 Å². The van der Waals surface area contributed by atoms with Gasteiger partial charge in [-0.25, -0.2) is 8.42 Å². The minimum Gasteiger partial charge on any atom is -0.360 e. The number of benzene rings is 2. The fourth-order valence-corrected chi connectivity index (χ4v) is 4.86. The molecule has 0 spiro atoms. The molecule has 0 aliphatic heterocycles. The van der Waals surface area contributed by atoms with E-state index in [4.69, 9.17) is 0 Å². The summed E-state index contributed by atoms with van der Waals surface area (Å²) in [6.45, 7) is 5.20. The van der Waals surface area contributed by atoms with Crippen LogP contribution in [0.2, 0.25) is 0 Å². The van der Waals surface area contributed by atoms with Crippen molar-refractivity contribution in [3.63, 3.8) is 0 Å². The minimum absolute atomic E-state index is 0.324. The van der Waals surface area contributed by atoms with Crippen molar-refractivity contribution in [1.82, 2.24) is 10.3 Å². The zero-order valence-corrected chi connectivity index (χ0v) is 16.1. The Balaban J connectivity index is 1.93. The van der Waals surface area contributed by atoms with Crippen LogP contribution in [0.4, 0.5) is 0 Å². The summed E-state index contributed by atoms with van der Waals surface area (Å²) in [6.07, 6.45) is 4.70. The number of fused-ring (bicyclic) bond motifs is 1. The first-order chi connectivity index (χ1) is 12.5. The lowest BCUT2D eigenvalue weighted by molar-refractivity contribution is 0.512. The molecule has 0 aliphatic carbocycles. The predicted octanol–water partition coefficient (Wildman–Crippen LogP) is 4.32. The Hall–Kier alpha value is -2.11. The van der Waals surface area contributed by atoms with Crippen LogP contribution in [0, 0.1) is 0 Å². The maximum atomic E-state index is 13.1. The lowest BCUT2D eigenvalue weighted by Crippen LogP contribution is -2.27. The summed E-state index contributed by atoms with van der Waals surface area (Å²) >= 11 is 0. The van der Waals surface area contributed by atoms with Gasteiger partial charge in [0.2, 0.25) is 9.84 Å². The molecule has 0 aliphatic rings. The summed E-state index contributed by atoms with van der Waals surface area (Å²) in [5.74, 6) is 0. The molecular formula is C21H26N2O2S. The van der Waals surface area contributed by atoms with E-state index in [1.807, 2.05) is 24.3 Å². The molecule has 3 aromatic rings. The van der Waals surface area contributed by atoms with E-state index >= 15 is 0 Å². The second-order valence-corrected chi connectivity index (χ2v) is 8.62. The van der Waals surface area contributed by atoms with E-state index in [0.717, 1.165) is 42.3 Å². The summed E-state index contributed by atoms with van der Waals surface area (Å²) in [5, 5.41) is 4.33. The number of hydrogen-bond donors (Lipinski definition) is 2. The second kappa shape index (κ2) is 8.06. The third-order valence-electron chi connectivity index (χ3n) is 4.71. The molecule has 2 aromatic carbocycles. The molecule has 0 saturated heterocycles. The Morgan fingerprint density at radius 2 is 1.85 bits per heavy atom. The molecule has 0 amide bonds. The first-order valence-corrected chi connectivity index (χ1v) is 10.6. The Labute approximate surface area is 155 Å². The topological polar surface area (TPSA) is 62.0 Å². The van der Waals surface area contributed by atoms with Crippen LogP contribution in [0.15, 0.2) is 64.5 Å². The van der Waals surface area contributed by atoms with E-state index in [1.54, 1.807) is 30.5 Å². The van der Waals surface area contributed by atoms with Crippen molar-refractivity contribution >= 4 is 20.7 Å². The summed E-state index contributed by atoms with van der Waals surface area (Å²) in [5.41, 5.74) is 1.91. The molecule has 0 bridgehead atoms. The number of aromatic nitrogens is 1. The van der Waals surface area contributed by atoms with Crippen molar-refractivity contribution in [2.75, 3.05) is 6.54 Å². The lowest BCUT2D eigenvalue weighted by atomic mass is 10.1. The van der Waals surface area contributed by atoms with Gasteiger partial charge in [0.05, 0.1) is 9.79 Å². The highest BCUT2D eigenvalue weighted by atomic mass is 32.2. The smallest absolute Gasteiger partial charge is 0.208 e. The SMILES string of the molecule is CCCC(C)NCCc1cccc2[nH]cc(S(=O)(=O)c3ccccc3)c12. The first kappa shape index (κ1) is 18.7. The van der Waals surface area contributed by atoms with Gasteiger partial charge in [0.1, 0.15) is 0 Å². The highest BCUT2D eigenvalue weighted by Gasteiger charge is 2.23. The number of H-pyrrole nitrogens is 1. The minimum atomic E-state index is -3.55. The summed E-state index contributed by atoms with van der Waals surface area (Å²) in [4.78, 5) is 3.81. The van der Waals surface area contributed by atoms with Gasteiger partial charge in [-0.3, -0.25) is 0 Å². The molecule has 1 aromatic heterocycles. The Morgan fingerprint density at radius 3 is 2.58 bits per heavy atom. The Morgan fingerprint density at radius 1 is 1.08 bits per heavy atom. The van der Waals surface area contributed by atoms with Crippen LogP contribution in [0.5, 0.6) is 0 Å². The standard InChI is InChI=1S/C21H26N2O2S/c1-3-8-16(2)22-14-13-17-9-7-12-19-21(17)20(15-23-19)26(24,25)18-10-5-4-6-11-18/h4-7,9-12,15-16,22-23H,3,8,13-14H2,1-2H3. The van der Waals surface area contributed by atoms with Crippen molar-refractivity contribution in [2.45, 2.75) is 48.9 Å². The van der Waals surface area contributed by atoms with Gasteiger partial charge in [-0.15, -0.1) is 0 Å². The number of aromatic amines is 1. The molecule has 138 valence electrons. The molecule has 3 rings (SSSR count). The summed E-state index contributed by atoms with van der Waals surface area (Å²) in [7, 11) is -3.55. The van der Waals surface area contributed by atoms with Crippen LogP contribution >= 0.6 is 0 Å². The zero-order valence-electron chi connectivity index (χ0n) is 15.3. The van der Waals surface area contributed by atoms with Crippen molar-refractivity contribution in [1.29, 1.82) is 0 Å². The Kier molecular flexibility index (Phi) is 5.79. The van der Waals surface area contributed by atoms with Crippen LogP contribution in [0.3, 0.4) is 0 Å². The van der Waals surface area contributed by atoms with E-state index in [2.05, 4.69) is 24.1 Å². The monoisotopic (exact) mass is 370 g/mol. The van der Waals surface area contributed by atoms with Crippen molar-refractivity contribution in [3.05, 3.63) is 60.3 Å². The van der Waals surface area contributed by atoms with E-state index in [1.165, 1.54) is 0 Å². The van der Waals surface area contributed by atoms with Gasteiger partial charge in [-0.05, 0) is 50.1 Å². The van der Waals surface area contributed by atoms with Gasteiger partial charge < -0.3 is 10.3 Å². The molecule has 1 heterocycles. The molecule has 5 heteroatoms. The van der Waals surface area contributed by atoms with Gasteiger partial charge >= 0.3 is 0 Å². The molecule has 0 fully saturated rings. The van der Waals surface area contributed by atoms with Crippen molar-refractivity contribution in [3.8, 4) is 0 Å². The van der Waals surface area contributed by atoms with Gasteiger partial charge in [0.25, 0.3) is 0 Å². The average molecular weight is 371 g/mol. The van der Waals surface area contributed by atoms with Crippen molar-refractivity contribution < 1.29 is 8.42 Å². The van der Waals surface area contributed by atoms with Gasteiger partial charge in [0, 0.05) is 23.1 Å². The largest absolute Gasteiger partial charge is 0.360 e. The first-order valence-electron chi connectivity index (χ1n) is 9.16. The van der Waals surface area contributed by atoms with Crippen LogP contribution in [0.1, 0.15) is 32.3 Å². The fraction of sp³-hybridized carbons (Fsp3) is 0.333. The van der Waals surface area contributed by atoms with E-state index in [9.17, 15) is 8.42 Å². The third-order valence-corrected chi connectivity index (χ3v) is 6.50. The lowest BCUT2D eigenvalue weighted by Gasteiger charge is -2.13. The maximum absolute atomic E-state index is 13.1. The average Bonchev–Trinajstić information content (AvgIpc) is 3.08. The van der Waals surface area contributed by atoms with Gasteiger partial charge in [-0.2, -0.15) is 0 Å². The number of nitrogens with one attached hydrogen (secondary N) is 2. The second-order valence-electron chi connectivity index (χ2n) is 6.70. The number of sulfone groups is 1. The maximum Gasteiger partial charge on any atom is 0.208 e. The highest BCUT2D eigenvalue weighted by molar-refractivity contribution is 7.91. The highest BCUT2D eigenvalue weighted by Crippen LogP contribution is 2.30. The van der Waals surface area contributed by atoms with Gasteiger partial charge in [-0.1, -0.05) is 43.7 Å². The molecule has 0 radical (unpaired) electrons. The van der Waals surface area contributed by atoms with E-state index in [-0.39, 0.29) is 0 Å². The van der Waals surface area contributed by atoms with E-state index in [0.29, 0.717) is 15.8 Å². The van der Waals surface area contributed by atoms with Crippen LogP contribution in [-0.4, -0.2) is 26.0 Å². The van der Waals surface area contributed by atoms with Gasteiger partial charge in [0.15, 0.2) is 0 Å². The van der Waals surface area contributed by atoms with Crippen LogP contribution in [-0.2, 0) is 16.3 Å². The van der Waals surface area contributed by atoms with Crippen LogP contribution in [0.25, 0.3) is 10.9 Å². The third kappa shape index (κ3) is 3.84. The fourth-order valence-electron chi connectivity index (χ4n) is 3.36. The summed E-state index contributed by atoms with van der Waals surface area (Å²) < 4.78 is 26.2. The van der Waals surface area contributed by atoms with Crippen LogP contribution < -0.4 is 5.32 Å². The number of hydrogen-bond acceptors (Lipinski definition) is 3. The Bertz CT molecular complexity index is 962. The molecule has 26 heavy (non-hydrogen) atoms. The molecule has 1 atom stereocenters. The zero-order chi connectivity index (χ0) is 18.6. The molecule has 2 N–H and O–H groups in total. The summed E-state index contributed by atoms with van der Waals surface area (Å²) in [6, 6.07) is 15.0. The molecule has 4 nitrogen and oxygen atoms in total. The molecular weight excluding hydrogens is 344 g/mol. The quantitative estimate of drug-likeness (QED) is 0.621.